The van der Waals surface area contributed by atoms with E-state index in [-0.39, 0.29) is 0 Å². The minimum absolute atomic E-state index is 0.676. The molecule has 0 spiro atoms. The molecule has 1 N–H and O–H groups in total. The van der Waals surface area contributed by atoms with Crippen molar-refractivity contribution in [2.75, 3.05) is 25.4 Å². The number of halogens is 1. The van der Waals surface area contributed by atoms with E-state index >= 15 is 0 Å². The first-order valence-corrected chi connectivity index (χ1v) is 7.82. The first-order chi connectivity index (χ1) is 8.71. The first-order valence-electron chi connectivity index (χ1n) is 6.04. The van der Waals surface area contributed by atoms with E-state index in [0.717, 1.165) is 35.4 Å². The molecule has 100 valence electrons. The number of nitrogens with zero attached hydrogens (tertiary/aromatic N) is 2. The van der Waals surface area contributed by atoms with E-state index in [0.29, 0.717) is 5.04 Å². The van der Waals surface area contributed by atoms with Crippen molar-refractivity contribution in [3.8, 4) is 0 Å². The van der Waals surface area contributed by atoms with Gasteiger partial charge < -0.3 is 10.1 Å². The maximum absolute atomic E-state index is 9.07. The van der Waals surface area contributed by atoms with Crippen LogP contribution in [0, 0.1) is 0 Å². The molecule has 0 unspecified atom stereocenters. The van der Waals surface area contributed by atoms with Crippen LogP contribution < -0.4 is 0 Å². The van der Waals surface area contributed by atoms with E-state index in [9.17, 15) is 0 Å². The summed E-state index contributed by atoms with van der Waals surface area (Å²) >= 11 is 4.97. The largest absolute Gasteiger partial charge is 0.410 e. The van der Waals surface area contributed by atoms with Gasteiger partial charge in [0.2, 0.25) is 0 Å². The molecule has 0 aliphatic rings. The topological polar surface area (TPSA) is 35.8 Å². The van der Waals surface area contributed by atoms with Crippen molar-refractivity contribution < 1.29 is 5.21 Å². The summed E-state index contributed by atoms with van der Waals surface area (Å²) in [6.45, 7) is 7.43. The second-order valence-electron chi connectivity index (χ2n) is 3.79. The molecule has 1 aromatic carbocycles. The molecular weight excluding hydrogens is 312 g/mol. The van der Waals surface area contributed by atoms with Crippen LogP contribution in [0.25, 0.3) is 0 Å². The second-order valence-corrected chi connectivity index (χ2v) is 5.79. The summed E-state index contributed by atoms with van der Waals surface area (Å²) < 4.78 is 1.02. The van der Waals surface area contributed by atoms with Crippen LogP contribution in [-0.2, 0) is 0 Å². The van der Waals surface area contributed by atoms with Gasteiger partial charge in [-0.2, -0.15) is 0 Å². The van der Waals surface area contributed by atoms with Crippen molar-refractivity contribution in [3.05, 3.63) is 34.3 Å². The third-order valence-electron chi connectivity index (χ3n) is 2.72. The Morgan fingerprint density at radius 1 is 1.28 bits per heavy atom. The quantitative estimate of drug-likeness (QED) is 0.374. The van der Waals surface area contributed by atoms with E-state index in [2.05, 4.69) is 39.8 Å². The van der Waals surface area contributed by atoms with Crippen molar-refractivity contribution in [3.63, 3.8) is 0 Å². The lowest BCUT2D eigenvalue weighted by atomic mass is 10.2. The lowest BCUT2D eigenvalue weighted by Gasteiger charge is -2.17. The summed E-state index contributed by atoms with van der Waals surface area (Å²) in [5, 5.41) is 13.1. The molecule has 18 heavy (non-hydrogen) atoms. The summed E-state index contributed by atoms with van der Waals surface area (Å²) in [7, 11) is 0. The van der Waals surface area contributed by atoms with E-state index in [1.807, 2.05) is 24.3 Å². The lowest BCUT2D eigenvalue weighted by Crippen LogP contribution is -2.25. The van der Waals surface area contributed by atoms with Crippen LogP contribution in [0.4, 0.5) is 0 Å². The SMILES string of the molecule is CCN(CC)CCSC(=NO)c1ccc(Br)cc1. The average Bonchev–Trinajstić information content (AvgIpc) is 2.41. The van der Waals surface area contributed by atoms with Gasteiger partial charge in [-0.1, -0.05) is 47.1 Å². The van der Waals surface area contributed by atoms with Crippen molar-refractivity contribution >= 4 is 32.7 Å². The van der Waals surface area contributed by atoms with Crippen molar-refractivity contribution in [1.82, 2.24) is 4.90 Å². The fraction of sp³-hybridized carbons (Fsp3) is 0.462. The van der Waals surface area contributed by atoms with Gasteiger partial charge in [0, 0.05) is 22.3 Å². The molecule has 0 atom stereocenters. The Hall–Kier alpha value is -0.520. The van der Waals surface area contributed by atoms with E-state index in [1.54, 1.807) is 11.8 Å². The third-order valence-corrected chi connectivity index (χ3v) is 4.23. The molecular formula is C13H19BrN2OS. The van der Waals surface area contributed by atoms with Crippen LogP contribution in [0.15, 0.2) is 33.9 Å². The maximum atomic E-state index is 9.07. The van der Waals surface area contributed by atoms with Crippen molar-refractivity contribution in [1.29, 1.82) is 0 Å². The fourth-order valence-corrected chi connectivity index (χ4v) is 2.74. The summed E-state index contributed by atoms with van der Waals surface area (Å²) in [4.78, 5) is 2.35. The smallest absolute Gasteiger partial charge is 0.143 e. The molecule has 1 aromatic rings. The zero-order chi connectivity index (χ0) is 13.4. The Morgan fingerprint density at radius 2 is 1.89 bits per heavy atom. The highest BCUT2D eigenvalue weighted by molar-refractivity contribution is 9.10. The predicted octanol–water partition coefficient (Wildman–Crippen LogP) is 3.66. The van der Waals surface area contributed by atoms with Crippen molar-refractivity contribution in [2.24, 2.45) is 5.16 Å². The number of hydrogen-bond donors (Lipinski definition) is 1. The number of hydrogen-bond acceptors (Lipinski definition) is 4. The maximum Gasteiger partial charge on any atom is 0.143 e. The van der Waals surface area contributed by atoms with Crippen LogP contribution >= 0.6 is 27.7 Å². The number of rotatable bonds is 6. The summed E-state index contributed by atoms with van der Waals surface area (Å²) in [5.74, 6) is 0.928. The Balaban J connectivity index is 2.51. The highest BCUT2D eigenvalue weighted by atomic mass is 79.9. The molecule has 0 saturated heterocycles. The minimum atomic E-state index is 0.676. The first kappa shape index (κ1) is 15.5. The van der Waals surface area contributed by atoms with Gasteiger partial charge in [0.25, 0.3) is 0 Å². The van der Waals surface area contributed by atoms with Crippen molar-refractivity contribution in [2.45, 2.75) is 13.8 Å². The van der Waals surface area contributed by atoms with Gasteiger partial charge in [0.05, 0.1) is 0 Å². The Bertz CT molecular complexity index is 377. The third kappa shape index (κ3) is 5.00. The van der Waals surface area contributed by atoms with Gasteiger partial charge in [0.1, 0.15) is 5.04 Å². The van der Waals surface area contributed by atoms with E-state index < -0.39 is 0 Å². The zero-order valence-electron chi connectivity index (χ0n) is 10.8. The number of thioether (sulfide) groups is 1. The van der Waals surface area contributed by atoms with Crippen LogP contribution in [0.1, 0.15) is 19.4 Å². The monoisotopic (exact) mass is 330 g/mol. The Morgan fingerprint density at radius 3 is 2.39 bits per heavy atom. The molecule has 0 aromatic heterocycles. The summed E-state index contributed by atoms with van der Waals surface area (Å²) in [6, 6.07) is 7.80. The van der Waals surface area contributed by atoms with Crippen LogP contribution in [0.2, 0.25) is 0 Å². The van der Waals surface area contributed by atoms with Crippen LogP contribution in [0.5, 0.6) is 0 Å². The molecule has 0 bridgehead atoms. The molecule has 3 nitrogen and oxygen atoms in total. The molecule has 0 fully saturated rings. The van der Waals surface area contributed by atoms with Gasteiger partial charge in [0.15, 0.2) is 0 Å². The van der Waals surface area contributed by atoms with E-state index in [4.69, 9.17) is 5.21 Å². The highest BCUT2D eigenvalue weighted by Crippen LogP contribution is 2.17. The predicted molar refractivity (Wildman–Crippen MR) is 82.7 cm³/mol. The summed E-state index contributed by atoms with van der Waals surface area (Å²) in [5.41, 5.74) is 0.949. The average molecular weight is 331 g/mol. The van der Waals surface area contributed by atoms with Gasteiger partial charge in [-0.15, -0.1) is 11.8 Å². The van der Waals surface area contributed by atoms with Gasteiger partial charge in [-0.25, -0.2) is 0 Å². The molecule has 0 radical (unpaired) electrons. The minimum Gasteiger partial charge on any atom is -0.410 e. The Kier molecular flexibility index (Phi) is 7.39. The zero-order valence-corrected chi connectivity index (χ0v) is 13.2. The van der Waals surface area contributed by atoms with Gasteiger partial charge in [-0.05, 0) is 25.2 Å². The lowest BCUT2D eigenvalue weighted by molar-refractivity contribution is 0.320. The summed E-state index contributed by atoms with van der Waals surface area (Å²) in [6.07, 6.45) is 0. The number of oxime groups is 1. The molecule has 5 heteroatoms. The Labute approximate surface area is 121 Å². The molecule has 0 aliphatic carbocycles. The molecule has 0 aliphatic heterocycles. The molecule has 1 rings (SSSR count). The highest BCUT2D eigenvalue weighted by Gasteiger charge is 2.06. The standard InChI is InChI=1S/C13H19BrN2OS/c1-3-16(4-2)9-10-18-13(15-17)11-5-7-12(14)8-6-11/h5-8,17H,3-4,9-10H2,1-2H3. The van der Waals surface area contributed by atoms with Gasteiger partial charge >= 0.3 is 0 Å². The molecule has 0 heterocycles. The van der Waals surface area contributed by atoms with Crippen LogP contribution in [0.3, 0.4) is 0 Å². The normalized spacial score (nSPS) is 12.1. The fourth-order valence-electron chi connectivity index (χ4n) is 1.57. The molecule has 0 saturated carbocycles. The number of benzene rings is 1. The van der Waals surface area contributed by atoms with E-state index in [1.165, 1.54) is 0 Å². The second kappa shape index (κ2) is 8.56. The van der Waals surface area contributed by atoms with Crippen LogP contribution in [-0.4, -0.2) is 40.5 Å². The molecule has 0 amide bonds. The van der Waals surface area contributed by atoms with Gasteiger partial charge in [-0.3, -0.25) is 0 Å².